The van der Waals surface area contributed by atoms with Gasteiger partial charge in [0.2, 0.25) is 0 Å². The fourth-order valence-corrected chi connectivity index (χ4v) is 2.40. The Kier molecular flexibility index (Phi) is 9.92. The van der Waals surface area contributed by atoms with Gasteiger partial charge in [0.25, 0.3) is 5.91 Å². The number of nitrogens with zero attached hydrogens (tertiary/aromatic N) is 2. The minimum atomic E-state index is -0.243. The Bertz CT molecular complexity index is 656. The fraction of sp³-hybridized carbons (Fsp3) is 0.250. The summed E-state index contributed by atoms with van der Waals surface area (Å²) in [4.78, 5) is 18.5. The second kappa shape index (κ2) is 10.5. The summed E-state index contributed by atoms with van der Waals surface area (Å²) in [6.07, 6.45) is 1.67. The van der Waals surface area contributed by atoms with Gasteiger partial charge in [-0.3, -0.25) is 4.79 Å². The lowest BCUT2D eigenvalue weighted by Crippen LogP contribution is -2.33. The highest BCUT2D eigenvalue weighted by Gasteiger charge is 2.16. The zero-order chi connectivity index (χ0) is 16.1. The number of pyridine rings is 1. The van der Waals surface area contributed by atoms with Gasteiger partial charge in [-0.05, 0) is 27.6 Å². The zero-order valence-corrected chi connectivity index (χ0v) is 16.6. The zero-order valence-electron chi connectivity index (χ0n) is 13.4. The number of rotatable bonds is 5. The minimum Gasteiger partial charge on any atom is -0.362 e. The molecule has 0 bridgehead atoms. The predicted octanol–water partition coefficient (Wildman–Crippen LogP) is 3.18. The molecule has 3 N–H and O–H groups in total. The van der Waals surface area contributed by atoms with Crippen molar-refractivity contribution in [2.75, 3.05) is 25.5 Å². The largest absolute Gasteiger partial charge is 0.362 e. The number of carbonyl (C=O) groups is 1. The van der Waals surface area contributed by atoms with Crippen molar-refractivity contribution >= 4 is 52.5 Å². The number of benzene rings is 1. The number of carbonyl (C=O) groups excluding carboxylic acids is 1. The standard InChI is InChI=1S/C16H19BrN4O.2ClH/c1-21(2)15-13(8-12(17)9-19-15)16(22)20-10-14(18)11-6-4-3-5-7-11;;/h3-9,14H,10,18H2,1-2H3,(H,20,22);2*1H. The Morgan fingerprint density at radius 3 is 2.50 bits per heavy atom. The van der Waals surface area contributed by atoms with Gasteiger partial charge in [0.15, 0.2) is 0 Å². The molecular weight excluding hydrogens is 415 g/mol. The van der Waals surface area contributed by atoms with Gasteiger partial charge in [0, 0.05) is 37.4 Å². The molecule has 1 atom stereocenters. The van der Waals surface area contributed by atoms with Gasteiger partial charge in [-0.1, -0.05) is 30.3 Å². The number of nitrogens with one attached hydrogen (secondary N) is 1. The SMILES string of the molecule is CN(C)c1ncc(Br)cc1C(=O)NCC(N)c1ccccc1.Cl.Cl. The van der Waals surface area contributed by atoms with E-state index in [0.717, 1.165) is 10.0 Å². The first-order chi connectivity index (χ1) is 10.5. The van der Waals surface area contributed by atoms with E-state index >= 15 is 0 Å². The maximum atomic E-state index is 12.4. The molecule has 0 aliphatic carbocycles. The number of amides is 1. The van der Waals surface area contributed by atoms with E-state index in [-0.39, 0.29) is 36.8 Å². The van der Waals surface area contributed by atoms with Crippen LogP contribution in [0, 0.1) is 0 Å². The number of hydrogen-bond donors (Lipinski definition) is 2. The lowest BCUT2D eigenvalue weighted by Gasteiger charge is -2.17. The molecule has 5 nitrogen and oxygen atoms in total. The Morgan fingerprint density at radius 2 is 1.92 bits per heavy atom. The van der Waals surface area contributed by atoms with Crippen LogP contribution in [0.5, 0.6) is 0 Å². The molecule has 1 heterocycles. The second-order valence-corrected chi connectivity index (χ2v) is 6.06. The lowest BCUT2D eigenvalue weighted by molar-refractivity contribution is 0.0951. The van der Waals surface area contributed by atoms with Crippen molar-refractivity contribution in [3.05, 3.63) is 58.2 Å². The van der Waals surface area contributed by atoms with Crippen molar-refractivity contribution in [1.29, 1.82) is 0 Å². The molecule has 2 rings (SSSR count). The highest BCUT2D eigenvalue weighted by Crippen LogP contribution is 2.20. The van der Waals surface area contributed by atoms with E-state index in [1.54, 1.807) is 17.2 Å². The van der Waals surface area contributed by atoms with Crippen molar-refractivity contribution in [3.63, 3.8) is 0 Å². The van der Waals surface area contributed by atoms with E-state index in [2.05, 4.69) is 26.2 Å². The van der Waals surface area contributed by atoms with Crippen molar-refractivity contribution in [2.45, 2.75) is 6.04 Å². The number of aromatic nitrogens is 1. The van der Waals surface area contributed by atoms with Gasteiger partial charge in [-0.15, -0.1) is 24.8 Å². The first-order valence-electron chi connectivity index (χ1n) is 6.90. The fourth-order valence-electron chi connectivity index (χ4n) is 2.07. The molecule has 8 heteroatoms. The van der Waals surface area contributed by atoms with Crippen molar-refractivity contribution in [2.24, 2.45) is 5.73 Å². The monoisotopic (exact) mass is 434 g/mol. The molecule has 0 aliphatic rings. The predicted molar refractivity (Wildman–Crippen MR) is 106 cm³/mol. The van der Waals surface area contributed by atoms with E-state index < -0.39 is 0 Å². The third kappa shape index (κ3) is 5.94. The Hall–Kier alpha value is -1.34. The summed E-state index contributed by atoms with van der Waals surface area (Å²) in [5, 5.41) is 2.87. The van der Waals surface area contributed by atoms with Gasteiger partial charge in [-0.25, -0.2) is 4.98 Å². The normalized spacial score (nSPS) is 10.8. The first kappa shape index (κ1) is 22.7. The molecule has 1 amide bonds. The van der Waals surface area contributed by atoms with E-state index in [1.807, 2.05) is 44.4 Å². The molecule has 2 aromatic rings. The lowest BCUT2D eigenvalue weighted by atomic mass is 10.1. The minimum absolute atomic E-state index is 0. The molecule has 0 aliphatic heterocycles. The van der Waals surface area contributed by atoms with Crippen LogP contribution >= 0.6 is 40.7 Å². The summed E-state index contributed by atoms with van der Waals surface area (Å²) < 4.78 is 0.760. The third-order valence-electron chi connectivity index (χ3n) is 3.21. The van der Waals surface area contributed by atoms with E-state index in [9.17, 15) is 4.79 Å². The van der Waals surface area contributed by atoms with Crippen LogP contribution < -0.4 is 16.0 Å². The Morgan fingerprint density at radius 1 is 1.29 bits per heavy atom. The summed E-state index contributed by atoms with van der Waals surface area (Å²) in [7, 11) is 3.70. The van der Waals surface area contributed by atoms with Gasteiger partial charge in [0.1, 0.15) is 5.82 Å². The highest BCUT2D eigenvalue weighted by atomic mass is 79.9. The number of anilines is 1. The van der Waals surface area contributed by atoms with Crippen molar-refractivity contribution < 1.29 is 4.79 Å². The summed E-state index contributed by atoms with van der Waals surface area (Å²) in [5.41, 5.74) is 7.60. The molecule has 0 fully saturated rings. The summed E-state index contributed by atoms with van der Waals surface area (Å²) >= 11 is 3.34. The van der Waals surface area contributed by atoms with Crippen LogP contribution in [-0.4, -0.2) is 31.5 Å². The molecule has 1 aromatic heterocycles. The average molecular weight is 436 g/mol. The number of halogens is 3. The third-order valence-corrected chi connectivity index (χ3v) is 3.65. The maximum Gasteiger partial charge on any atom is 0.255 e. The van der Waals surface area contributed by atoms with Crippen LogP contribution in [-0.2, 0) is 0 Å². The molecule has 1 aromatic carbocycles. The molecule has 0 radical (unpaired) electrons. The number of nitrogens with two attached hydrogens (primary N) is 1. The van der Waals surface area contributed by atoms with Crippen LogP contribution in [0.2, 0.25) is 0 Å². The summed E-state index contributed by atoms with van der Waals surface area (Å²) in [5.74, 6) is 0.429. The van der Waals surface area contributed by atoms with Gasteiger partial charge in [0.05, 0.1) is 5.56 Å². The summed E-state index contributed by atoms with van der Waals surface area (Å²) in [6, 6.07) is 11.2. The van der Waals surface area contributed by atoms with Crippen LogP contribution in [0.1, 0.15) is 22.0 Å². The van der Waals surface area contributed by atoms with E-state index in [0.29, 0.717) is 17.9 Å². The maximum absolute atomic E-state index is 12.4. The first-order valence-corrected chi connectivity index (χ1v) is 7.70. The van der Waals surface area contributed by atoms with E-state index in [4.69, 9.17) is 5.73 Å². The molecular formula is C16H21BrCl2N4O. The molecule has 1 unspecified atom stereocenters. The van der Waals surface area contributed by atoms with Gasteiger partial charge >= 0.3 is 0 Å². The highest BCUT2D eigenvalue weighted by molar-refractivity contribution is 9.10. The summed E-state index contributed by atoms with van der Waals surface area (Å²) in [6.45, 7) is 0.363. The Balaban J connectivity index is 0.00000264. The van der Waals surface area contributed by atoms with Gasteiger partial charge in [-0.2, -0.15) is 0 Å². The molecule has 24 heavy (non-hydrogen) atoms. The van der Waals surface area contributed by atoms with Crippen molar-refractivity contribution in [1.82, 2.24) is 10.3 Å². The van der Waals surface area contributed by atoms with Crippen LogP contribution in [0.25, 0.3) is 0 Å². The van der Waals surface area contributed by atoms with Crippen LogP contribution in [0.3, 0.4) is 0 Å². The molecule has 0 spiro atoms. The van der Waals surface area contributed by atoms with Crippen molar-refractivity contribution in [3.8, 4) is 0 Å². The quantitative estimate of drug-likeness (QED) is 0.756. The molecule has 132 valence electrons. The second-order valence-electron chi connectivity index (χ2n) is 5.15. The average Bonchev–Trinajstić information content (AvgIpc) is 2.52. The smallest absolute Gasteiger partial charge is 0.255 e. The van der Waals surface area contributed by atoms with Crippen LogP contribution in [0.15, 0.2) is 47.1 Å². The number of hydrogen-bond acceptors (Lipinski definition) is 4. The Labute approximate surface area is 163 Å². The molecule has 0 saturated heterocycles. The topological polar surface area (TPSA) is 71.2 Å². The van der Waals surface area contributed by atoms with E-state index in [1.165, 1.54) is 0 Å². The molecule has 0 saturated carbocycles. The van der Waals surface area contributed by atoms with Crippen LogP contribution in [0.4, 0.5) is 5.82 Å². The van der Waals surface area contributed by atoms with Gasteiger partial charge < -0.3 is 16.0 Å².